The summed E-state index contributed by atoms with van der Waals surface area (Å²) >= 11 is 5.87. The molecule has 0 unspecified atom stereocenters. The highest BCUT2D eigenvalue weighted by Crippen LogP contribution is 2.22. The average Bonchev–Trinajstić information content (AvgIpc) is 2.40. The first-order valence-electron chi connectivity index (χ1n) is 6.75. The molecule has 0 radical (unpaired) electrons. The molecule has 0 aromatic heterocycles. The van der Waals surface area contributed by atoms with Crippen LogP contribution in [0.25, 0.3) is 0 Å². The third-order valence-electron chi connectivity index (χ3n) is 2.90. The molecule has 0 bridgehead atoms. The normalized spacial score (nSPS) is 10.8. The molecule has 1 rings (SSSR count). The van der Waals surface area contributed by atoms with Crippen LogP contribution in [-0.2, 0) is 4.79 Å². The van der Waals surface area contributed by atoms with Crippen molar-refractivity contribution in [3.05, 3.63) is 23.2 Å². The summed E-state index contributed by atoms with van der Waals surface area (Å²) in [5.74, 6) is -0.163. The molecule has 1 aromatic rings. The third kappa shape index (κ3) is 5.77. The van der Waals surface area contributed by atoms with E-state index < -0.39 is 0 Å². The Hall–Kier alpha value is -1.30. The number of nitrogens with one attached hydrogen (secondary N) is 1. The van der Waals surface area contributed by atoms with E-state index >= 15 is 0 Å². The molecule has 0 aliphatic rings. The predicted octanol–water partition coefficient (Wildman–Crippen LogP) is 1.96. The second-order valence-electron chi connectivity index (χ2n) is 4.63. The molecular weight excluding hydrogens is 278 g/mol. The number of rotatable bonds is 8. The number of halogens is 1. The molecule has 1 aromatic carbocycles. The fourth-order valence-corrected chi connectivity index (χ4v) is 1.99. The van der Waals surface area contributed by atoms with Gasteiger partial charge in [-0.2, -0.15) is 0 Å². The minimum atomic E-state index is -0.163. The number of nitrogens with two attached hydrogens (primary N) is 1. The Morgan fingerprint density at radius 2 is 2.20 bits per heavy atom. The van der Waals surface area contributed by atoms with Gasteiger partial charge in [-0.1, -0.05) is 24.9 Å². The summed E-state index contributed by atoms with van der Waals surface area (Å²) in [6.07, 6.45) is 2.04. The number of aliphatic hydroxyl groups is 1. The van der Waals surface area contributed by atoms with Crippen LogP contribution < -0.4 is 11.1 Å². The van der Waals surface area contributed by atoms with Crippen molar-refractivity contribution in [3.63, 3.8) is 0 Å². The van der Waals surface area contributed by atoms with Gasteiger partial charge in [-0.3, -0.25) is 9.69 Å². The monoisotopic (exact) mass is 299 g/mol. The van der Waals surface area contributed by atoms with Gasteiger partial charge in [-0.05, 0) is 31.2 Å². The van der Waals surface area contributed by atoms with Gasteiger partial charge in [-0.25, -0.2) is 0 Å². The first-order valence-corrected chi connectivity index (χ1v) is 7.12. The maximum absolute atomic E-state index is 12.0. The molecule has 0 saturated carbocycles. The standard InChI is InChI=1S/C14H22ClN3O2/c1-2-3-6-18(7-8-19)10-14(20)17-13-9-11(15)4-5-12(13)16/h4-5,9,19H,2-3,6-8,10,16H2,1H3,(H,17,20). The molecular formula is C14H22ClN3O2. The van der Waals surface area contributed by atoms with Crippen molar-refractivity contribution in [3.8, 4) is 0 Å². The molecule has 0 spiro atoms. The van der Waals surface area contributed by atoms with E-state index in [1.54, 1.807) is 18.2 Å². The maximum atomic E-state index is 12.0. The van der Waals surface area contributed by atoms with E-state index in [1.165, 1.54) is 0 Å². The minimum Gasteiger partial charge on any atom is -0.397 e. The quantitative estimate of drug-likeness (QED) is 0.641. The lowest BCUT2D eigenvalue weighted by Gasteiger charge is -2.20. The lowest BCUT2D eigenvalue weighted by Crippen LogP contribution is -2.36. The Kier molecular flexibility index (Phi) is 7.36. The number of aliphatic hydroxyl groups excluding tert-OH is 1. The van der Waals surface area contributed by atoms with E-state index in [2.05, 4.69) is 12.2 Å². The number of hydrogen-bond donors (Lipinski definition) is 3. The van der Waals surface area contributed by atoms with Crippen LogP contribution in [0.5, 0.6) is 0 Å². The highest BCUT2D eigenvalue weighted by molar-refractivity contribution is 6.31. The minimum absolute atomic E-state index is 0.0380. The molecule has 5 nitrogen and oxygen atoms in total. The number of hydrogen-bond acceptors (Lipinski definition) is 4. The number of benzene rings is 1. The van der Waals surface area contributed by atoms with Crippen LogP contribution in [0, 0.1) is 0 Å². The summed E-state index contributed by atoms with van der Waals surface area (Å²) in [5, 5.41) is 12.3. The topological polar surface area (TPSA) is 78.6 Å². The highest BCUT2D eigenvalue weighted by atomic mass is 35.5. The van der Waals surface area contributed by atoms with Gasteiger partial charge in [0.25, 0.3) is 0 Å². The molecule has 4 N–H and O–H groups in total. The number of nitrogen functional groups attached to an aromatic ring is 1. The molecule has 1 amide bonds. The van der Waals surface area contributed by atoms with Crippen molar-refractivity contribution in [1.82, 2.24) is 4.90 Å². The summed E-state index contributed by atoms with van der Waals surface area (Å²) in [7, 11) is 0. The first kappa shape index (κ1) is 16.8. The Bertz CT molecular complexity index is 440. The summed E-state index contributed by atoms with van der Waals surface area (Å²) in [5.41, 5.74) is 6.77. The van der Waals surface area contributed by atoms with Gasteiger partial charge in [0.1, 0.15) is 0 Å². The van der Waals surface area contributed by atoms with E-state index in [0.717, 1.165) is 19.4 Å². The van der Waals surface area contributed by atoms with E-state index in [0.29, 0.717) is 22.9 Å². The van der Waals surface area contributed by atoms with Crippen molar-refractivity contribution in [2.45, 2.75) is 19.8 Å². The third-order valence-corrected chi connectivity index (χ3v) is 3.14. The Morgan fingerprint density at radius 3 is 2.85 bits per heavy atom. The van der Waals surface area contributed by atoms with Crippen LogP contribution in [0.4, 0.5) is 11.4 Å². The zero-order chi connectivity index (χ0) is 15.0. The molecule has 0 saturated heterocycles. The van der Waals surface area contributed by atoms with Crippen LogP contribution in [0.15, 0.2) is 18.2 Å². The molecule has 0 aliphatic carbocycles. The average molecular weight is 300 g/mol. The highest BCUT2D eigenvalue weighted by Gasteiger charge is 2.11. The Labute approximate surface area is 124 Å². The van der Waals surface area contributed by atoms with Crippen LogP contribution in [0.3, 0.4) is 0 Å². The SMILES string of the molecule is CCCCN(CCO)CC(=O)Nc1cc(Cl)ccc1N. The fourth-order valence-electron chi connectivity index (χ4n) is 1.82. The van der Waals surface area contributed by atoms with E-state index in [4.69, 9.17) is 22.4 Å². The van der Waals surface area contributed by atoms with Gasteiger partial charge < -0.3 is 16.2 Å². The smallest absolute Gasteiger partial charge is 0.238 e. The molecule has 0 aliphatic heterocycles. The predicted molar refractivity (Wildman–Crippen MR) is 82.9 cm³/mol. The summed E-state index contributed by atoms with van der Waals surface area (Å²) in [6.45, 7) is 3.63. The largest absolute Gasteiger partial charge is 0.397 e. The number of carbonyl (C=O) groups excluding carboxylic acids is 1. The van der Waals surface area contributed by atoms with Gasteiger partial charge in [0.15, 0.2) is 0 Å². The molecule has 6 heteroatoms. The number of nitrogens with zero attached hydrogens (tertiary/aromatic N) is 1. The number of anilines is 2. The number of amides is 1. The first-order chi connectivity index (χ1) is 9.56. The Balaban J connectivity index is 2.58. The molecule has 0 fully saturated rings. The number of unbranched alkanes of at least 4 members (excludes halogenated alkanes) is 1. The van der Waals surface area contributed by atoms with Crippen molar-refractivity contribution in [2.75, 3.05) is 37.3 Å². The van der Waals surface area contributed by atoms with Gasteiger partial charge in [-0.15, -0.1) is 0 Å². The van der Waals surface area contributed by atoms with E-state index in [9.17, 15) is 4.79 Å². The van der Waals surface area contributed by atoms with Crippen molar-refractivity contribution < 1.29 is 9.90 Å². The maximum Gasteiger partial charge on any atom is 0.238 e. The lowest BCUT2D eigenvalue weighted by atomic mass is 10.2. The van der Waals surface area contributed by atoms with Crippen LogP contribution >= 0.6 is 11.6 Å². The zero-order valence-corrected chi connectivity index (χ0v) is 12.5. The van der Waals surface area contributed by atoms with Gasteiger partial charge in [0.05, 0.1) is 24.5 Å². The van der Waals surface area contributed by atoms with E-state index in [1.807, 2.05) is 4.90 Å². The van der Waals surface area contributed by atoms with Crippen molar-refractivity contribution in [2.24, 2.45) is 0 Å². The van der Waals surface area contributed by atoms with Crippen LogP contribution in [0.2, 0.25) is 5.02 Å². The zero-order valence-electron chi connectivity index (χ0n) is 11.7. The molecule has 0 atom stereocenters. The second kappa shape index (κ2) is 8.79. The fraction of sp³-hybridized carbons (Fsp3) is 0.500. The van der Waals surface area contributed by atoms with E-state index in [-0.39, 0.29) is 19.1 Å². The Morgan fingerprint density at radius 1 is 1.45 bits per heavy atom. The molecule has 0 heterocycles. The van der Waals surface area contributed by atoms with Gasteiger partial charge in [0.2, 0.25) is 5.91 Å². The van der Waals surface area contributed by atoms with Gasteiger partial charge >= 0.3 is 0 Å². The van der Waals surface area contributed by atoms with Crippen molar-refractivity contribution in [1.29, 1.82) is 0 Å². The molecule has 112 valence electrons. The summed E-state index contributed by atoms with van der Waals surface area (Å²) in [4.78, 5) is 13.9. The second-order valence-corrected chi connectivity index (χ2v) is 5.07. The summed E-state index contributed by atoms with van der Waals surface area (Å²) < 4.78 is 0. The van der Waals surface area contributed by atoms with Crippen LogP contribution in [-0.4, -0.2) is 42.2 Å². The van der Waals surface area contributed by atoms with Crippen LogP contribution in [0.1, 0.15) is 19.8 Å². The summed E-state index contributed by atoms with van der Waals surface area (Å²) in [6, 6.07) is 4.95. The lowest BCUT2D eigenvalue weighted by molar-refractivity contribution is -0.117. The van der Waals surface area contributed by atoms with Gasteiger partial charge in [0, 0.05) is 11.6 Å². The van der Waals surface area contributed by atoms with Crippen molar-refractivity contribution >= 4 is 28.9 Å². The molecule has 20 heavy (non-hydrogen) atoms. The number of carbonyl (C=O) groups is 1.